The second kappa shape index (κ2) is 5.14. The fraction of sp³-hybridized carbons (Fsp3) is 0.636. The third-order valence-electron chi connectivity index (χ3n) is 2.83. The summed E-state index contributed by atoms with van der Waals surface area (Å²) in [5, 5.41) is 15.5. The van der Waals surface area contributed by atoms with Crippen molar-refractivity contribution in [1.29, 1.82) is 0 Å². The zero-order valence-corrected chi connectivity index (χ0v) is 11.6. The standard InChI is InChI=1S/C11H16BrNO2S/c1-8(10-4-9(12)5-16-10)13-6-11(14)2-3-15-7-11/h4-5,8,13-14H,2-3,6-7H2,1H3. The highest BCUT2D eigenvalue weighted by molar-refractivity contribution is 9.10. The average molecular weight is 306 g/mol. The van der Waals surface area contributed by atoms with Crippen LogP contribution in [0.25, 0.3) is 0 Å². The van der Waals surface area contributed by atoms with Gasteiger partial charge in [0.25, 0.3) is 0 Å². The second-order valence-corrected chi connectivity index (χ2v) is 6.16. The van der Waals surface area contributed by atoms with Crippen molar-refractivity contribution < 1.29 is 9.84 Å². The number of hydrogen-bond donors (Lipinski definition) is 2. The van der Waals surface area contributed by atoms with Gasteiger partial charge < -0.3 is 15.2 Å². The van der Waals surface area contributed by atoms with Crippen LogP contribution in [0, 0.1) is 0 Å². The molecule has 1 aliphatic rings. The summed E-state index contributed by atoms with van der Waals surface area (Å²) in [4.78, 5) is 1.27. The maximum absolute atomic E-state index is 10.1. The van der Waals surface area contributed by atoms with Gasteiger partial charge in [0.1, 0.15) is 5.60 Å². The van der Waals surface area contributed by atoms with Gasteiger partial charge in [-0.15, -0.1) is 11.3 Å². The van der Waals surface area contributed by atoms with E-state index in [0.717, 1.165) is 10.9 Å². The molecule has 1 aromatic heterocycles. The van der Waals surface area contributed by atoms with Gasteiger partial charge in [0.05, 0.1) is 6.61 Å². The lowest BCUT2D eigenvalue weighted by atomic mass is 10.0. The van der Waals surface area contributed by atoms with Crippen LogP contribution in [0.2, 0.25) is 0 Å². The van der Waals surface area contributed by atoms with Crippen molar-refractivity contribution in [1.82, 2.24) is 5.32 Å². The molecule has 2 N–H and O–H groups in total. The summed E-state index contributed by atoms with van der Waals surface area (Å²) in [6, 6.07) is 2.37. The molecule has 0 bridgehead atoms. The molecule has 0 amide bonds. The van der Waals surface area contributed by atoms with Crippen molar-refractivity contribution in [2.75, 3.05) is 19.8 Å². The molecule has 0 aliphatic carbocycles. The summed E-state index contributed by atoms with van der Waals surface area (Å²) >= 11 is 5.16. The van der Waals surface area contributed by atoms with Gasteiger partial charge in [-0.3, -0.25) is 0 Å². The van der Waals surface area contributed by atoms with E-state index in [9.17, 15) is 5.11 Å². The molecule has 2 unspecified atom stereocenters. The molecule has 16 heavy (non-hydrogen) atoms. The van der Waals surface area contributed by atoms with Gasteiger partial charge in [-0.25, -0.2) is 0 Å². The van der Waals surface area contributed by atoms with Crippen LogP contribution in [0.4, 0.5) is 0 Å². The average Bonchev–Trinajstić information content (AvgIpc) is 2.85. The van der Waals surface area contributed by atoms with Crippen LogP contribution in [0.5, 0.6) is 0 Å². The van der Waals surface area contributed by atoms with Crippen molar-refractivity contribution in [3.8, 4) is 0 Å². The monoisotopic (exact) mass is 305 g/mol. The Bertz CT molecular complexity index is 350. The summed E-state index contributed by atoms with van der Waals surface area (Å²) < 4.78 is 6.32. The predicted molar refractivity (Wildman–Crippen MR) is 68.8 cm³/mol. The fourth-order valence-electron chi connectivity index (χ4n) is 1.73. The summed E-state index contributed by atoms with van der Waals surface area (Å²) in [6.07, 6.45) is 0.723. The molecular weight excluding hydrogens is 290 g/mol. The highest BCUT2D eigenvalue weighted by atomic mass is 79.9. The Morgan fingerprint density at radius 2 is 2.56 bits per heavy atom. The Labute approximate surface area is 108 Å². The van der Waals surface area contributed by atoms with Gasteiger partial charge in [-0.1, -0.05) is 0 Å². The van der Waals surface area contributed by atoms with E-state index in [2.05, 4.69) is 39.6 Å². The predicted octanol–water partition coefficient (Wildman–Crippen LogP) is 2.31. The summed E-state index contributed by atoms with van der Waals surface area (Å²) in [5.74, 6) is 0. The molecule has 2 atom stereocenters. The van der Waals surface area contributed by atoms with Crippen molar-refractivity contribution in [2.45, 2.75) is 25.0 Å². The van der Waals surface area contributed by atoms with E-state index in [1.807, 2.05) is 0 Å². The number of thiophene rings is 1. The van der Waals surface area contributed by atoms with Crippen LogP contribution >= 0.6 is 27.3 Å². The summed E-state index contributed by atoms with van der Waals surface area (Å²) in [6.45, 7) is 3.80. The molecule has 2 heterocycles. The minimum absolute atomic E-state index is 0.265. The first-order valence-electron chi connectivity index (χ1n) is 5.36. The van der Waals surface area contributed by atoms with Crippen molar-refractivity contribution >= 4 is 27.3 Å². The van der Waals surface area contributed by atoms with Crippen LogP contribution < -0.4 is 5.32 Å². The number of aliphatic hydroxyl groups is 1. The van der Waals surface area contributed by atoms with Gasteiger partial charge >= 0.3 is 0 Å². The number of nitrogens with one attached hydrogen (secondary N) is 1. The SMILES string of the molecule is CC(NCC1(O)CCOC1)c1cc(Br)cs1. The number of hydrogen-bond acceptors (Lipinski definition) is 4. The third kappa shape index (κ3) is 3.05. The smallest absolute Gasteiger partial charge is 0.103 e. The highest BCUT2D eigenvalue weighted by Gasteiger charge is 2.32. The second-order valence-electron chi connectivity index (χ2n) is 4.30. The van der Waals surface area contributed by atoms with Crippen molar-refractivity contribution in [3.05, 3.63) is 20.8 Å². The first-order valence-corrected chi connectivity index (χ1v) is 7.04. The van der Waals surface area contributed by atoms with Crippen molar-refractivity contribution in [2.24, 2.45) is 0 Å². The van der Waals surface area contributed by atoms with E-state index in [-0.39, 0.29) is 6.04 Å². The van der Waals surface area contributed by atoms with Gasteiger partial charge in [0, 0.05) is 40.3 Å². The topological polar surface area (TPSA) is 41.5 Å². The zero-order valence-electron chi connectivity index (χ0n) is 9.20. The Kier molecular flexibility index (Phi) is 4.02. The normalized spacial score (nSPS) is 27.2. The molecule has 0 aromatic carbocycles. The number of ether oxygens (including phenoxy) is 1. The van der Waals surface area contributed by atoms with E-state index in [4.69, 9.17) is 4.74 Å². The molecule has 0 radical (unpaired) electrons. The Balaban J connectivity index is 1.86. The van der Waals surface area contributed by atoms with Gasteiger partial charge in [-0.2, -0.15) is 0 Å². The lowest BCUT2D eigenvalue weighted by Gasteiger charge is -2.23. The molecule has 1 saturated heterocycles. The molecule has 2 rings (SSSR count). The van der Waals surface area contributed by atoms with E-state index < -0.39 is 5.60 Å². The summed E-state index contributed by atoms with van der Waals surface area (Å²) in [5.41, 5.74) is -0.678. The van der Waals surface area contributed by atoms with Crippen LogP contribution in [0.1, 0.15) is 24.3 Å². The first kappa shape index (κ1) is 12.5. The summed E-state index contributed by atoms with van der Waals surface area (Å²) in [7, 11) is 0. The van der Waals surface area contributed by atoms with Crippen molar-refractivity contribution in [3.63, 3.8) is 0 Å². The molecule has 3 nitrogen and oxygen atoms in total. The number of rotatable bonds is 4. The molecule has 1 fully saturated rings. The lowest BCUT2D eigenvalue weighted by Crippen LogP contribution is -2.41. The molecule has 90 valence electrons. The highest BCUT2D eigenvalue weighted by Crippen LogP contribution is 2.26. The molecule has 0 saturated carbocycles. The van der Waals surface area contributed by atoms with Gasteiger partial charge in [-0.05, 0) is 28.9 Å². The van der Waals surface area contributed by atoms with E-state index >= 15 is 0 Å². The number of halogens is 1. The molecule has 1 aliphatic heterocycles. The van der Waals surface area contributed by atoms with E-state index in [1.54, 1.807) is 11.3 Å². The first-order chi connectivity index (χ1) is 7.59. The largest absolute Gasteiger partial charge is 0.386 e. The quantitative estimate of drug-likeness (QED) is 0.897. The minimum atomic E-state index is -0.678. The minimum Gasteiger partial charge on any atom is -0.386 e. The van der Waals surface area contributed by atoms with E-state index in [0.29, 0.717) is 19.8 Å². The molecule has 0 spiro atoms. The Morgan fingerprint density at radius 3 is 3.12 bits per heavy atom. The van der Waals surface area contributed by atoms with Crippen LogP contribution in [-0.2, 0) is 4.74 Å². The van der Waals surface area contributed by atoms with Crippen LogP contribution in [-0.4, -0.2) is 30.5 Å². The van der Waals surface area contributed by atoms with Gasteiger partial charge in [0.15, 0.2) is 0 Å². The van der Waals surface area contributed by atoms with E-state index in [1.165, 1.54) is 4.88 Å². The Hall–Kier alpha value is 0.0600. The van der Waals surface area contributed by atoms with Gasteiger partial charge in [0.2, 0.25) is 0 Å². The maximum Gasteiger partial charge on any atom is 0.103 e. The van der Waals surface area contributed by atoms with Crippen LogP contribution in [0.3, 0.4) is 0 Å². The fourth-order valence-corrected chi connectivity index (χ4v) is 3.21. The third-order valence-corrected chi connectivity index (χ3v) is 4.71. The Morgan fingerprint density at radius 1 is 1.75 bits per heavy atom. The zero-order chi connectivity index (χ0) is 11.6. The molecular formula is C11H16BrNO2S. The lowest BCUT2D eigenvalue weighted by molar-refractivity contribution is 0.0252. The molecule has 1 aromatic rings. The molecule has 5 heteroatoms. The maximum atomic E-state index is 10.1. The van der Waals surface area contributed by atoms with Crippen LogP contribution in [0.15, 0.2) is 15.9 Å².